The summed E-state index contributed by atoms with van der Waals surface area (Å²) in [5.74, 6) is -0.0810. The Balaban J connectivity index is 1.50. The number of carbonyl (C=O) groups is 2. The summed E-state index contributed by atoms with van der Waals surface area (Å²) in [5, 5.41) is 0. The maximum absolute atomic E-state index is 13.1. The Bertz CT molecular complexity index is 1130. The molecular weight excluding hydrogens is 396 g/mol. The van der Waals surface area contributed by atoms with Gasteiger partial charge in [-0.2, -0.15) is 0 Å². The zero-order valence-corrected chi connectivity index (χ0v) is 18.0. The van der Waals surface area contributed by atoms with Crippen LogP contribution in [-0.4, -0.2) is 57.8 Å². The second kappa shape index (κ2) is 8.44. The van der Waals surface area contributed by atoms with Crippen LogP contribution >= 0.6 is 12.6 Å². The minimum absolute atomic E-state index is 0.0401. The first-order chi connectivity index (χ1) is 14.4. The van der Waals surface area contributed by atoms with Crippen LogP contribution in [0.3, 0.4) is 0 Å². The van der Waals surface area contributed by atoms with Crippen molar-refractivity contribution in [3.63, 3.8) is 0 Å². The number of benzene rings is 2. The molecule has 0 aliphatic carbocycles. The van der Waals surface area contributed by atoms with E-state index in [0.717, 1.165) is 28.8 Å². The third kappa shape index (κ3) is 4.03. The van der Waals surface area contributed by atoms with Crippen molar-refractivity contribution >= 4 is 35.5 Å². The summed E-state index contributed by atoms with van der Waals surface area (Å²) in [6.07, 6.45) is 0.734. The number of nitrogens with zero attached hydrogens (tertiary/aromatic N) is 4. The average molecular weight is 421 g/mol. The Labute approximate surface area is 181 Å². The number of carbonyl (C=O) groups excluding carboxylic acids is 2. The summed E-state index contributed by atoms with van der Waals surface area (Å²) >= 11 is 4.40. The Morgan fingerprint density at radius 3 is 2.17 bits per heavy atom. The number of rotatable bonds is 2. The van der Waals surface area contributed by atoms with Gasteiger partial charge in [0, 0.05) is 36.6 Å². The number of hydrogen-bond acceptors (Lipinski definition) is 5. The van der Waals surface area contributed by atoms with E-state index in [1.807, 2.05) is 49.1 Å². The predicted molar refractivity (Wildman–Crippen MR) is 119 cm³/mol. The Kier molecular flexibility index (Phi) is 5.72. The van der Waals surface area contributed by atoms with Gasteiger partial charge in [0.05, 0.1) is 28.0 Å². The molecule has 4 rings (SSSR count). The molecule has 0 saturated carbocycles. The van der Waals surface area contributed by atoms with Gasteiger partial charge in [0.2, 0.25) is 0 Å². The maximum Gasteiger partial charge on any atom is 0.255 e. The van der Waals surface area contributed by atoms with Gasteiger partial charge in [-0.1, -0.05) is 12.1 Å². The molecule has 7 heteroatoms. The number of aryl methyl sites for hydroxylation is 2. The van der Waals surface area contributed by atoms with Crippen LogP contribution in [0.4, 0.5) is 0 Å². The smallest absolute Gasteiger partial charge is 0.255 e. The average Bonchev–Trinajstić information content (AvgIpc) is 3.00. The van der Waals surface area contributed by atoms with Crippen LogP contribution in [0.2, 0.25) is 0 Å². The predicted octanol–water partition coefficient (Wildman–Crippen LogP) is 3.52. The third-order valence-corrected chi connectivity index (χ3v) is 5.92. The van der Waals surface area contributed by atoms with Crippen molar-refractivity contribution in [1.29, 1.82) is 0 Å². The van der Waals surface area contributed by atoms with Crippen LogP contribution in [0.1, 0.15) is 38.5 Å². The molecule has 1 aliphatic rings. The minimum Gasteiger partial charge on any atom is -0.337 e. The van der Waals surface area contributed by atoms with Crippen molar-refractivity contribution in [2.24, 2.45) is 0 Å². The lowest BCUT2D eigenvalue weighted by Crippen LogP contribution is -2.37. The first-order valence-corrected chi connectivity index (χ1v) is 10.5. The van der Waals surface area contributed by atoms with Crippen LogP contribution in [0, 0.1) is 13.8 Å². The second-order valence-corrected chi connectivity index (χ2v) is 8.03. The van der Waals surface area contributed by atoms with Gasteiger partial charge in [-0.05, 0) is 50.6 Å². The normalized spacial score (nSPS) is 14.6. The third-order valence-electron chi connectivity index (χ3n) is 5.53. The molecule has 2 aromatic carbocycles. The highest BCUT2D eigenvalue weighted by molar-refractivity contribution is 7.80. The maximum atomic E-state index is 13.1. The van der Waals surface area contributed by atoms with E-state index in [0.29, 0.717) is 42.2 Å². The van der Waals surface area contributed by atoms with Crippen molar-refractivity contribution in [1.82, 2.24) is 19.8 Å². The number of amides is 2. The van der Waals surface area contributed by atoms with Crippen molar-refractivity contribution in [3.8, 4) is 0 Å². The lowest BCUT2D eigenvalue weighted by molar-refractivity contribution is 0.0717. The fourth-order valence-corrected chi connectivity index (χ4v) is 3.95. The van der Waals surface area contributed by atoms with Crippen molar-refractivity contribution in [2.45, 2.75) is 25.2 Å². The van der Waals surface area contributed by atoms with Crippen molar-refractivity contribution < 1.29 is 9.59 Å². The van der Waals surface area contributed by atoms with E-state index in [1.54, 1.807) is 17.0 Å². The van der Waals surface area contributed by atoms with E-state index in [4.69, 9.17) is 0 Å². The topological polar surface area (TPSA) is 66.4 Å². The summed E-state index contributed by atoms with van der Waals surface area (Å²) in [6.45, 7) is 6.07. The van der Waals surface area contributed by atoms with Crippen LogP contribution in [0.15, 0.2) is 47.4 Å². The molecule has 2 amide bonds. The van der Waals surface area contributed by atoms with Crippen molar-refractivity contribution in [2.75, 3.05) is 26.2 Å². The van der Waals surface area contributed by atoms with Crippen LogP contribution in [0.25, 0.3) is 11.0 Å². The van der Waals surface area contributed by atoms with Crippen LogP contribution in [-0.2, 0) is 0 Å². The Morgan fingerprint density at radius 1 is 0.833 bits per heavy atom. The highest BCUT2D eigenvalue weighted by atomic mass is 32.1. The highest BCUT2D eigenvalue weighted by Gasteiger charge is 2.24. The fourth-order valence-electron chi connectivity index (χ4n) is 3.69. The number of hydrogen-bond donors (Lipinski definition) is 1. The molecule has 6 nitrogen and oxygen atoms in total. The van der Waals surface area contributed by atoms with Gasteiger partial charge in [-0.15, -0.1) is 12.6 Å². The minimum atomic E-state index is -0.0409. The monoisotopic (exact) mass is 420 g/mol. The van der Waals surface area contributed by atoms with Gasteiger partial charge in [0.25, 0.3) is 11.8 Å². The molecule has 1 aromatic heterocycles. The summed E-state index contributed by atoms with van der Waals surface area (Å²) in [7, 11) is 0. The van der Waals surface area contributed by atoms with Crippen LogP contribution < -0.4 is 0 Å². The summed E-state index contributed by atoms with van der Waals surface area (Å²) in [6, 6.07) is 12.8. The fraction of sp³-hybridized carbons (Fsp3) is 0.304. The lowest BCUT2D eigenvalue weighted by Gasteiger charge is -2.23. The summed E-state index contributed by atoms with van der Waals surface area (Å²) < 4.78 is 0. The molecule has 1 fully saturated rings. The number of aromatic nitrogens is 2. The Hall–Kier alpha value is -2.93. The van der Waals surface area contributed by atoms with E-state index in [9.17, 15) is 9.59 Å². The first kappa shape index (κ1) is 20.3. The molecule has 1 saturated heterocycles. The van der Waals surface area contributed by atoms with Gasteiger partial charge < -0.3 is 9.80 Å². The zero-order chi connectivity index (χ0) is 21.3. The second-order valence-electron chi connectivity index (χ2n) is 7.55. The highest BCUT2D eigenvalue weighted by Crippen LogP contribution is 2.19. The molecule has 0 unspecified atom stereocenters. The van der Waals surface area contributed by atoms with Gasteiger partial charge in [-0.25, -0.2) is 9.97 Å². The Morgan fingerprint density at radius 2 is 1.47 bits per heavy atom. The quantitative estimate of drug-likeness (QED) is 0.644. The van der Waals surface area contributed by atoms with E-state index in [-0.39, 0.29) is 11.8 Å². The van der Waals surface area contributed by atoms with E-state index in [1.165, 1.54) is 0 Å². The zero-order valence-electron chi connectivity index (χ0n) is 17.1. The standard InChI is InChI=1S/C23H24N4O2S/c1-15-16(2)25-20-14-17(8-9-19(20)24-15)22(28)26-10-5-11-27(13-12-26)23(29)18-6-3-4-7-21(18)30/h3-4,6-9,14,30H,5,10-13H2,1-2H3. The van der Waals surface area contributed by atoms with Gasteiger partial charge >= 0.3 is 0 Å². The molecule has 0 N–H and O–H groups in total. The summed E-state index contributed by atoms with van der Waals surface area (Å²) in [4.78, 5) is 39.4. The molecule has 154 valence electrons. The van der Waals surface area contributed by atoms with E-state index < -0.39 is 0 Å². The molecule has 1 aliphatic heterocycles. The first-order valence-electron chi connectivity index (χ1n) is 10.1. The lowest BCUT2D eigenvalue weighted by atomic mass is 10.1. The molecule has 0 spiro atoms. The largest absolute Gasteiger partial charge is 0.337 e. The summed E-state index contributed by atoms with van der Waals surface area (Å²) in [5.41, 5.74) is 4.45. The number of thiol groups is 1. The van der Waals surface area contributed by atoms with Gasteiger partial charge in [-0.3, -0.25) is 9.59 Å². The molecule has 30 heavy (non-hydrogen) atoms. The molecule has 3 aromatic rings. The van der Waals surface area contributed by atoms with Crippen LogP contribution in [0.5, 0.6) is 0 Å². The SMILES string of the molecule is Cc1nc2ccc(C(=O)N3CCCN(C(=O)c4ccccc4S)CC3)cc2nc1C. The molecule has 0 bridgehead atoms. The molecule has 0 atom stereocenters. The number of fused-ring (bicyclic) bond motifs is 1. The van der Waals surface area contributed by atoms with Crippen molar-refractivity contribution in [3.05, 3.63) is 65.0 Å². The molecular formula is C23H24N4O2S. The van der Waals surface area contributed by atoms with Gasteiger partial charge in [0.1, 0.15) is 0 Å². The molecule has 2 heterocycles. The molecule has 0 radical (unpaired) electrons. The van der Waals surface area contributed by atoms with E-state index in [2.05, 4.69) is 22.6 Å². The van der Waals surface area contributed by atoms with Gasteiger partial charge in [0.15, 0.2) is 0 Å². The van der Waals surface area contributed by atoms with E-state index >= 15 is 0 Å².